The van der Waals surface area contributed by atoms with E-state index in [0.29, 0.717) is 18.9 Å². The quantitative estimate of drug-likeness (QED) is 0.499. The molecule has 0 aliphatic carbocycles. The summed E-state index contributed by atoms with van der Waals surface area (Å²) in [5.41, 5.74) is 0.884. The number of rotatable bonds is 5. The van der Waals surface area contributed by atoms with Gasteiger partial charge in [0, 0.05) is 25.7 Å². The van der Waals surface area contributed by atoms with Gasteiger partial charge in [0.05, 0.1) is 7.11 Å². The van der Waals surface area contributed by atoms with Gasteiger partial charge < -0.3 is 4.84 Å². The van der Waals surface area contributed by atoms with Gasteiger partial charge in [0.15, 0.2) is 0 Å². The second kappa shape index (κ2) is 6.68. The maximum atomic E-state index is 11.3. The topological polar surface area (TPSA) is 41.9 Å². The van der Waals surface area contributed by atoms with Crippen LogP contribution in [0.25, 0.3) is 0 Å². The number of hydrogen-bond donors (Lipinski definition) is 0. The van der Waals surface area contributed by atoms with Gasteiger partial charge >= 0.3 is 0 Å². The zero-order chi connectivity index (χ0) is 11.1. The van der Waals surface area contributed by atoms with E-state index >= 15 is 0 Å². The second-order valence-electron chi connectivity index (χ2n) is 3.59. The molecule has 0 aliphatic heterocycles. The molecule has 0 aromatic rings. The molecule has 4 nitrogen and oxygen atoms in total. The number of nitrogens with zero attached hydrogens (tertiary/aromatic N) is 2. The van der Waals surface area contributed by atoms with Gasteiger partial charge in [0.1, 0.15) is 0 Å². The molecule has 0 spiro atoms. The number of carbonyl (C=O) groups excluding carboxylic acids is 1. The first-order chi connectivity index (χ1) is 6.47. The molecule has 0 aromatic carbocycles. The standard InChI is InChI=1S/C10H20N2O2/c1-8(2)9(3)11-10(13)6-7-12(4)14-5/h8H,6-7H2,1-5H3/b11-9+. The van der Waals surface area contributed by atoms with E-state index in [2.05, 4.69) is 4.99 Å². The summed E-state index contributed by atoms with van der Waals surface area (Å²) in [5, 5.41) is 1.61. The summed E-state index contributed by atoms with van der Waals surface area (Å²) in [4.78, 5) is 20.2. The molecule has 0 N–H and O–H groups in total. The molecule has 0 aliphatic rings. The largest absolute Gasteiger partial charge is 0.303 e. The predicted molar refractivity (Wildman–Crippen MR) is 57.2 cm³/mol. The van der Waals surface area contributed by atoms with Gasteiger partial charge in [-0.25, -0.2) is 4.99 Å². The summed E-state index contributed by atoms with van der Waals surface area (Å²) in [6, 6.07) is 0. The highest BCUT2D eigenvalue weighted by Crippen LogP contribution is 1.98. The Hall–Kier alpha value is -0.740. The van der Waals surface area contributed by atoms with E-state index in [1.165, 1.54) is 0 Å². The normalized spacial score (nSPS) is 12.6. The van der Waals surface area contributed by atoms with Crippen molar-refractivity contribution in [1.82, 2.24) is 5.06 Å². The third-order valence-corrected chi connectivity index (χ3v) is 2.09. The molecule has 1 amide bonds. The van der Waals surface area contributed by atoms with Crippen LogP contribution in [-0.4, -0.2) is 37.4 Å². The minimum Gasteiger partial charge on any atom is -0.303 e. The van der Waals surface area contributed by atoms with Gasteiger partial charge in [-0.3, -0.25) is 4.79 Å². The van der Waals surface area contributed by atoms with Gasteiger partial charge in [-0.2, -0.15) is 5.06 Å². The Labute approximate surface area is 85.9 Å². The molecule has 14 heavy (non-hydrogen) atoms. The molecular weight excluding hydrogens is 180 g/mol. The van der Waals surface area contributed by atoms with Crippen LogP contribution in [0.3, 0.4) is 0 Å². The third-order valence-electron chi connectivity index (χ3n) is 2.09. The van der Waals surface area contributed by atoms with Crippen molar-refractivity contribution in [3.8, 4) is 0 Å². The number of amides is 1. The van der Waals surface area contributed by atoms with Crippen molar-refractivity contribution in [3.63, 3.8) is 0 Å². The first-order valence-corrected chi connectivity index (χ1v) is 4.80. The summed E-state index contributed by atoms with van der Waals surface area (Å²) in [5.74, 6) is 0.249. The van der Waals surface area contributed by atoms with Crippen LogP contribution in [0, 0.1) is 5.92 Å². The van der Waals surface area contributed by atoms with E-state index in [-0.39, 0.29) is 5.91 Å². The van der Waals surface area contributed by atoms with E-state index in [9.17, 15) is 4.79 Å². The van der Waals surface area contributed by atoms with E-state index in [4.69, 9.17) is 4.84 Å². The number of hydrogen-bond acceptors (Lipinski definition) is 3. The van der Waals surface area contributed by atoms with E-state index < -0.39 is 0 Å². The maximum absolute atomic E-state index is 11.3. The fourth-order valence-corrected chi connectivity index (χ4v) is 0.726. The van der Waals surface area contributed by atoms with Gasteiger partial charge in [-0.15, -0.1) is 0 Å². The van der Waals surface area contributed by atoms with Crippen molar-refractivity contribution in [2.75, 3.05) is 20.7 Å². The third kappa shape index (κ3) is 5.83. The van der Waals surface area contributed by atoms with Gasteiger partial charge in [0.25, 0.3) is 0 Å². The molecule has 0 heterocycles. The monoisotopic (exact) mass is 200 g/mol. The van der Waals surface area contributed by atoms with Crippen molar-refractivity contribution in [2.24, 2.45) is 10.9 Å². The van der Waals surface area contributed by atoms with E-state index in [0.717, 1.165) is 5.71 Å². The first-order valence-electron chi connectivity index (χ1n) is 4.80. The highest BCUT2D eigenvalue weighted by Gasteiger charge is 2.05. The molecule has 0 bridgehead atoms. The van der Waals surface area contributed by atoms with Crippen LogP contribution >= 0.6 is 0 Å². The Morgan fingerprint density at radius 3 is 2.50 bits per heavy atom. The Kier molecular flexibility index (Phi) is 6.32. The summed E-state index contributed by atoms with van der Waals surface area (Å²) in [6.45, 7) is 6.49. The van der Waals surface area contributed by atoms with Crippen molar-refractivity contribution < 1.29 is 9.63 Å². The average Bonchev–Trinajstić information content (AvgIpc) is 2.13. The van der Waals surface area contributed by atoms with Crippen molar-refractivity contribution in [3.05, 3.63) is 0 Å². The number of hydroxylamine groups is 2. The lowest BCUT2D eigenvalue weighted by atomic mass is 10.1. The van der Waals surface area contributed by atoms with Crippen LogP contribution in [-0.2, 0) is 9.63 Å². The minimum atomic E-state index is -0.0832. The Morgan fingerprint density at radius 2 is 2.07 bits per heavy atom. The summed E-state index contributed by atoms with van der Waals surface area (Å²) in [7, 11) is 3.36. The first kappa shape index (κ1) is 13.3. The second-order valence-corrected chi connectivity index (χ2v) is 3.59. The maximum Gasteiger partial charge on any atom is 0.246 e. The summed E-state index contributed by atoms with van der Waals surface area (Å²) >= 11 is 0. The smallest absolute Gasteiger partial charge is 0.246 e. The lowest BCUT2D eigenvalue weighted by molar-refractivity contribution is -0.127. The Balaban J connectivity index is 3.92. The highest BCUT2D eigenvalue weighted by atomic mass is 16.7. The van der Waals surface area contributed by atoms with Crippen molar-refractivity contribution in [1.29, 1.82) is 0 Å². The summed E-state index contributed by atoms with van der Waals surface area (Å²) < 4.78 is 0. The highest BCUT2D eigenvalue weighted by molar-refractivity contribution is 5.95. The Bertz CT molecular complexity index is 212. The fraction of sp³-hybridized carbons (Fsp3) is 0.800. The predicted octanol–water partition coefficient (Wildman–Crippen LogP) is 1.51. The lowest BCUT2D eigenvalue weighted by Crippen LogP contribution is -2.20. The molecule has 0 rings (SSSR count). The van der Waals surface area contributed by atoms with E-state index in [1.54, 1.807) is 19.2 Å². The molecule has 0 unspecified atom stereocenters. The van der Waals surface area contributed by atoms with Crippen LogP contribution in [0.5, 0.6) is 0 Å². The van der Waals surface area contributed by atoms with Crippen LogP contribution in [0.4, 0.5) is 0 Å². The molecule has 0 aromatic heterocycles. The number of carbonyl (C=O) groups is 1. The van der Waals surface area contributed by atoms with Crippen molar-refractivity contribution in [2.45, 2.75) is 27.2 Å². The van der Waals surface area contributed by atoms with Crippen LogP contribution in [0.15, 0.2) is 4.99 Å². The SMILES string of the molecule is CON(C)CCC(=O)/N=C(\C)C(C)C. The molecule has 82 valence electrons. The van der Waals surface area contributed by atoms with Gasteiger partial charge in [-0.05, 0) is 12.8 Å². The summed E-state index contributed by atoms with van der Waals surface area (Å²) in [6.07, 6.45) is 0.397. The van der Waals surface area contributed by atoms with Gasteiger partial charge in [0.2, 0.25) is 5.91 Å². The van der Waals surface area contributed by atoms with Crippen LogP contribution < -0.4 is 0 Å². The Morgan fingerprint density at radius 1 is 1.50 bits per heavy atom. The fourth-order valence-electron chi connectivity index (χ4n) is 0.726. The molecular formula is C10H20N2O2. The van der Waals surface area contributed by atoms with Crippen LogP contribution in [0.1, 0.15) is 27.2 Å². The van der Waals surface area contributed by atoms with Crippen LogP contribution in [0.2, 0.25) is 0 Å². The molecule has 0 atom stereocenters. The number of aliphatic imine (C=N–C) groups is 1. The van der Waals surface area contributed by atoms with Gasteiger partial charge in [-0.1, -0.05) is 13.8 Å². The zero-order valence-corrected chi connectivity index (χ0v) is 9.70. The molecule has 0 radical (unpaired) electrons. The molecule has 0 saturated heterocycles. The lowest BCUT2D eigenvalue weighted by Gasteiger charge is -2.11. The van der Waals surface area contributed by atoms with Crippen molar-refractivity contribution >= 4 is 11.6 Å². The average molecular weight is 200 g/mol. The van der Waals surface area contributed by atoms with E-state index in [1.807, 2.05) is 20.8 Å². The minimum absolute atomic E-state index is 0.0832. The molecule has 4 heteroatoms. The zero-order valence-electron chi connectivity index (χ0n) is 9.70. The molecule has 0 saturated carbocycles. The molecule has 0 fully saturated rings.